The van der Waals surface area contributed by atoms with Gasteiger partial charge in [0, 0.05) is 13.1 Å². The standard InChI is InChI=1S/C8H12N2O2.C7H10N2O2/c1-10-5-6(4-9)3-7(10)8(11)12-2;1-11-7(10)6-2-5(3-8)4-9-6/h6-7H,3,5H2,1-2H3;5-6,9H,2,4H2,1H3/t6-,7-;5-,6-/m00/s1. The molecular formula is C15H22N4O4. The molecule has 23 heavy (non-hydrogen) atoms. The molecule has 0 aromatic carbocycles. The van der Waals surface area contributed by atoms with Gasteiger partial charge in [0.05, 0.1) is 38.2 Å². The van der Waals surface area contributed by atoms with Crippen molar-refractivity contribution in [2.75, 3.05) is 34.4 Å². The normalized spacial score (nSPS) is 29.6. The molecule has 2 heterocycles. The predicted molar refractivity (Wildman–Crippen MR) is 79.7 cm³/mol. The van der Waals surface area contributed by atoms with Crippen LogP contribution < -0.4 is 5.32 Å². The number of methoxy groups -OCH3 is 2. The first kappa shape index (κ1) is 18.9. The molecule has 0 unspecified atom stereocenters. The van der Waals surface area contributed by atoms with E-state index in [2.05, 4.69) is 26.9 Å². The molecule has 0 aromatic heterocycles. The van der Waals surface area contributed by atoms with Crippen molar-refractivity contribution in [1.82, 2.24) is 10.2 Å². The number of likely N-dealkylation sites (N-methyl/N-ethyl adjacent to an activating group) is 1. The van der Waals surface area contributed by atoms with Gasteiger partial charge < -0.3 is 14.8 Å². The smallest absolute Gasteiger partial charge is 0.323 e. The highest BCUT2D eigenvalue weighted by atomic mass is 16.5. The van der Waals surface area contributed by atoms with Crippen LogP contribution in [0.3, 0.4) is 0 Å². The van der Waals surface area contributed by atoms with Gasteiger partial charge in [-0.25, -0.2) is 0 Å². The Hall–Kier alpha value is -2.16. The van der Waals surface area contributed by atoms with Crippen LogP contribution in [0.1, 0.15) is 12.8 Å². The first-order valence-electron chi connectivity index (χ1n) is 7.35. The molecule has 0 amide bonds. The van der Waals surface area contributed by atoms with Crippen LogP contribution in [-0.4, -0.2) is 63.3 Å². The Morgan fingerprint density at radius 1 is 1.09 bits per heavy atom. The first-order chi connectivity index (χ1) is 11.0. The number of carbonyl (C=O) groups excluding carboxylic acids is 2. The Bertz CT molecular complexity index is 511. The summed E-state index contributed by atoms with van der Waals surface area (Å²) in [4.78, 5) is 23.9. The fraction of sp³-hybridized carbons (Fsp3) is 0.733. The summed E-state index contributed by atoms with van der Waals surface area (Å²) in [5.74, 6) is -0.587. The SMILES string of the molecule is COC(=O)[C@@H]1C[C@@H](C#N)CN1.COC(=O)[C@@H]1C[C@@H](C#N)CN1C. The molecule has 0 aliphatic carbocycles. The largest absolute Gasteiger partial charge is 0.468 e. The quantitative estimate of drug-likeness (QED) is 0.687. The van der Waals surface area contributed by atoms with Gasteiger partial charge in [0.25, 0.3) is 0 Å². The third kappa shape index (κ3) is 5.20. The summed E-state index contributed by atoms with van der Waals surface area (Å²) in [5.41, 5.74) is 0. The molecule has 2 rings (SSSR count). The number of esters is 2. The van der Waals surface area contributed by atoms with Crippen molar-refractivity contribution < 1.29 is 19.1 Å². The number of hydrogen-bond donors (Lipinski definition) is 1. The second-order valence-electron chi connectivity index (χ2n) is 5.59. The van der Waals surface area contributed by atoms with E-state index in [1.165, 1.54) is 14.2 Å². The van der Waals surface area contributed by atoms with E-state index in [4.69, 9.17) is 10.5 Å². The lowest BCUT2D eigenvalue weighted by molar-refractivity contribution is -0.145. The molecule has 2 aliphatic heterocycles. The molecule has 2 aliphatic rings. The van der Waals surface area contributed by atoms with E-state index in [0.717, 1.165) is 0 Å². The maximum absolute atomic E-state index is 11.1. The van der Waals surface area contributed by atoms with Crippen LogP contribution in [-0.2, 0) is 19.1 Å². The van der Waals surface area contributed by atoms with E-state index < -0.39 is 0 Å². The molecule has 0 saturated carbocycles. The fourth-order valence-corrected chi connectivity index (χ4v) is 2.66. The van der Waals surface area contributed by atoms with Crippen molar-refractivity contribution in [2.45, 2.75) is 24.9 Å². The number of rotatable bonds is 2. The lowest BCUT2D eigenvalue weighted by Gasteiger charge is -2.15. The zero-order valence-corrected chi connectivity index (χ0v) is 13.6. The van der Waals surface area contributed by atoms with Gasteiger partial charge in [-0.3, -0.25) is 14.5 Å². The molecule has 8 heteroatoms. The molecule has 0 bridgehead atoms. The number of nitrogens with one attached hydrogen (secondary N) is 1. The van der Waals surface area contributed by atoms with Crippen LogP contribution in [0.2, 0.25) is 0 Å². The number of ether oxygens (including phenoxy) is 2. The third-order valence-electron chi connectivity index (χ3n) is 4.00. The van der Waals surface area contributed by atoms with Crippen LogP contribution >= 0.6 is 0 Å². The van der Waals surface area contributed by atoms with Gasteiger partial charge in [-0.2, -0.15) is 10.5 Å². The zero-order valence-electron chi connectivity index (χ0n) is 13.6. The summed E-state index contributed by atoms with van der Waals surface area (Å²) >= 11 is 0. The van der Waals surface area contributed by atoms with E-state index in [1.54, 1.807) is 0 Å². The van der Waals surface area contributed by atoms with Crippen LogP contribution in [0.5, 0.6) is 0 Å². The van der Waals surface area contributed by atoms with Crippen LogP contribution in [0, 0.1) is 34.5 Å². The third-order valence-corrected chi connectivity index (χ3v) is 4.00. The molecule has 0 spiro atoms. The summed E-state index contributed by atoms with van der Waals surface area (Å²) in [6.45, 7) is 1.26. The summed E-state index contributed by atoms with van der Waals surface area (Å²) in [6.07, 6.45) is 1.17. The van der Waals surface area contributed by atoms with Crippen molar-refractivity contribution in [3.05, 3.63) is 0 Å². The molecule has 4 atom stereocenters. The monoisotopic (exact) mass is 322 g/mol. The molecule has 0 radical (unpaired) electrons. The van der Waals surface area contributed by atoms with Crippen molar-refractivity contribution in [3.63, 3.8) is 0 Å². The van der Waals surface area contributed by atoms with Gasteiger partial charge in [-0.15, -0.1) is 0 Å². The topological polar surface area (TPSA) is 115 Å². The Morgan fingerprint density at radius 2 is 1.70 bits per heavy atom. The van der Waals surface area contributed by atoms with Gasteiger partial charge in [0.1, 0.15) is 12.1 Å². The van der Waals surface area contributed by atoms with E-state index >= 15 is 0 Å². The Kier molecular flexibility index (Phi) is 7.46. The second kappa shape index (κ2) is 9.09. The molecule has 126 valence electrons. The Balaban J connectivity index is 0.000000231. The van der Waals surface area contributed by atoms with Gasteiger partial charge in [0.15, 0.2) is 0 Å². The number of likely N-dealkylation sites (tertiary alicyclic amines) is 1. The summed E-state index contributed by atoms with van der Waals surface area (Å²) in [5, 5.41) is 20.0. The van der Waals surface area contributed by atoms with E-state index in [-0.39, 0.29) is 35.9 Å². The number of hydrogen-bond acceptors (Lipinski definition) is 8. The first-order valence-corrected chi connectivity index (χ1v) is 7.35. The lowest BCUT2D eigenvalue weighted by Crippen LogP contribution is -2.33. The minimum absolute atomic E-state index is 0.0286. The van der Waals surface area contributed by atoms with Crippen molar-refractivity contribution in [1.29, 1.82) is 10.5 Å². The number of nitrogens with zero attached hydrogens (tertiary/aromatic N) is 3. The van der Waals surface area contributed by atoms with Gasteiger partial charge in [-0.05, 0) is 19.9 Å². The highest BCUT2D eigenvalue weighted by molar-refractivity contribution is 5.76. The van der Waals surface area contributed by atoms with Gasteiger partial charge in [0.2, 0.25) is 0 Å². The van der Waals surface area contributed by atoms with Gasteiger partial charge in [-0.1, -0.05) is 0 Å². The minimum atomic E-state index is -0.275. The summed E-state index contributed by atoms with van der Waals surface area (Å²) < 4.78 is 9.12. The maximum atomic E-state index is 11.1. The average molecular weight is 322 g/mol. The van der Waals surface area contributed by atoms with Crippen LogP contribution in [0.4, 0.5) is 0 Å². The molecular weight excluding hydrogens is 300 g/mol. The van der Waals surface area contributed by atoms with Crippen LogP contribution in [0.25, 0.3) is 0 Å². The molecule has 2 saturated heterocycles. The highest BCUT2D eigenvalue weighted by Gasteiger charge is 2.35. The minimum Gasteiger partial charge on any atom is -0.468 e. The van der Waals surface area contributed by atoms with Crippen molar-refractivity contribution in [2.24, 2.45) is 11.8 Å². The molecule has 0 aromatic rings. The summed E-state index contributed by atoms with van der Waals surface area (Å²) in [7, 11) is 4.55. The zero-order chi connectivity index (χ0) is 17.4. The number of carbonyl (C=O) groups is 2. The highest BCUT2D eigenvalue weighted by Crippen LogP contribution is 2.21. The van der Waals surface area contributed by atoms with E-state index in [0.29, 0.717) is 25.9 Å². The maximum Gasteiger partial charge on any atom is 0.323 e. The van der Waals surface area contributed by atoms with Gasteiger partial charge >= 0.3 is 11.9 Å². The fourth-order valence-electron chi connectivity index (χ4n) is 2.66. The summed E-state index contributed by atoms with van der Waals surface area (Å²) in [6, 6.07) is 3.76. The lowest BCUT2D eigenvalue weighted by atomic mass is 10.1. The van der Waals surface area contributed by atoms with Crippen molar-refractivity contribution in [3.8, 4) is 12.1 Å². The Labute approximate surface area is 135 Å². The molecule has 2 fully saturated rings. The van der Waals surface area contributed by atoms with E-state index in [9.17, 15) is 9.59 Å². The Morgan fingerprint density at radius 3 is 2.13 bits per heavy atom. The average Bonchev–Trinajstić information content (AvgIpc) is 3.20. The number of nitriles is 2. The van der Waals surface area contributed by atoms with Crippen molar-refractivity contribution >= 4 is 11.9 Å². The predicted octanol–water partition coefficient (Wildman–Crippen LogP) is -0.336. The van der Waals surface area contributed by atoms with E-state index in [1.807, 2.05) is 11.9 Å². The molecule has 1 N–H and O–H groups in total. The second-order valence-corrected chi connectivity index (χ2v) is 5.59. The van der Waals surface area contributed by atoms with Crippen LogP contribution in [0.15, 0.2) is 0 Å². The molecule has 8 nitrogen and oxygen atoms in total.